The Hall–Kier alpha value is -4.10. The van der Waals surface area contributed by atoms with E-state index in [1.165, 1.54) is 18.4 Å². The number of hydrogen-bond acceptors (Lipinski definition) is 8. The Kier molecular flexibility index (Phi) is 11.0. The van der Waals surface area contributed by atoms with E-state index >= 15 is 4.39 Å². The Labute approximate surface area is 280 Å². The molecule has 3 N–H and O–H groups in total. The number of rotatable bonds is 10. The van der Waals surface area contributed by atoms with Crippen LogP contribution >= 0.6 is 0 Å². The van der Waals surface area contributed by atoms with E-state index in [9.17, 15) is 19.2 Å². The molecule has 2 aromatic rings. The van der Waals surface area contributed by atoms with E-state index in [0.717, 1.165) is 25.7 Å². The van der Waals surface area contributed by atoms with Crippen molar-refractivity contribution in [3.8, 4) is 0 Å². The van der Waals surface area contributed by atoms with Crippen LogP contribution in [-0.4, -0.2) is 91.1 Å². The number of hydrogen-bond donors (Lipinski definition) is 3. The highest BCUT2D eigenvalue weighted by atomic mass is 19.1. The van der Waals surface area contributed by atoms with Crippen LogP contribution in [0.15, 0.2) is 34.7 Å². The first-order valence-electron chi connectivity index (χ1n) is 16.8. The molecule has 3 heterocycles. The number of likely N-dealkylation sites (N-methyl/N-ethyl adjacent to an activating group) is 1. The number of nitrogens with zero attached hydrogens (tertiary/aromatic N) is 3. The topological polar surface area (TPSA) is 146 Å². The quantitative estimate of drug-likeness (QED) is 0.326. The third-order valence-corrected chi connectivity index (χ3v) is 9.95. The van der Waals surface area contributed by atoms with E-state index in [1.54, 1.807) is 24.8 Å². The Balaban J connectivity index is 1.36. The average Bonchev–Trinajstić information content (AvgIpc) is 3.56. The maximum Gasteiger partial charge on any atom is 0.270 e. The van der Waals surface area contributed by atoms with Gasteiger partial charge in [-0.15, -0.1) is 0 Å². The van der Waals surface area contributed by atoms with Crippen molar-refractivity contribution in [1.82, 2.24) is 25.6 Å². The van der Waals surface area contributed by atoms with Crippen LogP contribution in [0.1, 0.15) is 81.4 Å². The van der Waals surface area contributed by atoms with Crippen LogP contribution in [0.4, 0.5) is 10.1 Å². The summed E-state index contributed by atoms with van der Waals surface area (Å²) in [6.07, 6.45) is 4.76. The van der Waals surface area contributed by atoms with Crippen molar-refractivity contribution < 1.29 is 32.8 Å². The molecule has 3 aliphatic rings. The van der Waals surface area contributed by atoms with Gasteiger partial charge in [0.15, 0.2) is 0 Å². The summed E-state index contributed by atoms with van der Waals surface area (Å²) in [4.78, 5) is 57.1. The molecular formula is C35H47FN6O6. The van der Waals surface area contributed by atoms with Crippen molar-refractivity contribution in [2.45, 2.75) is 71.3 Å². The molecule has 0 unspecified atom stereocenters. The molecule has 1 saturated carbocycles. The van der Waals surface area contributed by atoms with E-state index < -0.39 is 29.1 Å². The van der Waals surface area contributed by atoms with Gasteiger partial charge in [-0.1, -0.05) is 37.9 Å². The summed E-state index contributed by atoms with van der Waals surface area (Å²) in [7, 11) is 1.98. The fourth-order valence-corrected chi connectivity index (χ4v) is 6.52. The lowest BCUT2D eigenvalue weighted by molar-refractivity contribution is -0.131. The molecule has 1 aromatic heterocycles. The molecule has 4 amide bonds. The van der Waals surface area contributed by atoms with E-state index in [2.05, 4.69) is 32.9 Å². The van der Waals surface area contributed by atoms with Crippen LogP contribution in [-0.2, 0) is 24.5 Å². The van der Waals surface area contributed by atoms with Crippen molar-refractivity contribution in [1.29, 1.82) is 0 Å². The monoisotopic (exact) mass is 666 g/mol. The molecule has 1 aliphatic carbocycles. The summed E-state index contributed by atoms with van der Waals surface area (Å²) in [5, 5.41) is 12.4. The number of amides is 4. The molecule has 1 aromatic carbocycles. The van der Waals surface area contributed by atoms with Gasteiger partial charge in [0, 0.05) is 32.6 Å². The fraction of sp³-hybridized carbons (Fsp3) is 0.571. The predicted octanol–water partition coefficient (Wildman–Crippen LogP) is 3.70. The van der Waals surface area contributed by atoms with Gasteiger partial charge in [0.05, 0.1) is 24.3 Å². The summed E-state index contributed by atoms with van der Waals surface area (Å²) in [6.45, 7) is 10.7. The second-order valence-electron chi connectivity index (χ2n) is 13.8. The number of piperazine rings is 1. The Morgan fingerprint density at radius 3 is 2.38 bits per heavy atom. The molecule has 5 rings (SSSR count). The zero-order valence-electron chi connectivity index (χ0n) is 28.5. The lowest BCUT2D eigenvalue weighted by Gasteiger charge is -2.36. The third kappa shape index (κ3) is 7.78. The van der Waals surface area contributed by atoms with Crippen LogP contribution in [0, 0.1) is 17.7 Å². The molecule has 260 valence electrons. The SMILES string of the molecule is CCC(=O)N/C(C(=O)N1CCN(C)CC1)=C(/C)c1ccc(NC(=O)[C@@H](NC(=O)c2conc2C2(C)COC2)C2CCC(C)CC2)c(F)c1. The highest BCUT2D eigenvalue weighted by molar-refractivity contribution is 6.04. The van der Waals surface area contributed by atoms with Gasteiger partial charge in [0.2, 0.25) is 11.8 Å². The van der Waals surface area contributed by atoms with Crippen molar-refractivity contribution >= 4 is 34.9 Å². The smallest absolute Gasteiger partial charge is 0.270 e. The molecular weight excluding hydrogens is 619 g/mol. The molecule has 2 aliphatic heterocycles. The molecule has 3 fully saturated rings. The zero-order valence-corrected chi connectivity index (χ0v) is 28.5. The zero-order chi connectivity index (χ0) is 34.6. The molecule has 1 atom stereocenters. The van der Waals surface area contributed by atoms with Gasteiger partial charge in [0.25, 0.3) is 11.8 Å². The maximum absolute atomic E-state index is 15.7. The number of benzene rings is 1. The second kappa shape index (κ2) is 15.0. The summed E-state index contributed by atoms with van der Waals surface area (Å²) in [6, 6.07) is 3.35. The minimum absolute atomic E-state index is 0.0608. The van der Waals surface area contributed by atoms with Crippen LogP contribution < -0.4 is 16.0 Å². The van der Waals surface area contributed by atoms with Crippen LogP contribution in [0.5, 0.6) is 0 Å². The van der Waals surface area contributed by atoms with Gasteiger partial charge in [-0.05, 0) is 68.8 Å². The van der Waals surface area contributed by atoms with Gasteiger partial charge in [-0.2, -0.15) is 0 Å². The molecule has 0 radical (unpaired) electrons. The van der Waals surface area contributed by atoms with Gasteiger partial charge in [0.1, 0.15) is 35.1 Å². The van der Waals surface area contributed by atoms with E-state index in [4.69, 9.17) is 9.26 Å². The normalized spacial score (nSPS) is 22.2. The molecule has 48 heavy (non-hydrogen) atoms. The number of carbonyl (C=O) groups excluding carboxylic acids is 4. The summed E-state index contributed by atoms with van der Waals surface area (Å²) < 4.78 is 26.2. The predicted molar refractivity (Wildman–Crippen MR) is 177 cm³/mol. The first-order valence-corrected chi connectivity index (χ1v) is 16.8. The molecule has 0 bridgehead atoms. The Morgan fingerprint density at radius 2 is 1.77 bits per heavy atom. The first-order chi connectivity index (χ1) is 22.9. The number of allylic oxidation sites excluding steroid dienone is 1. The Morgan fingerprint density at radius 1 is 1.08 bits per heavy atom. The van der Waals surface area contributed by atoms with Crippen LogP contribution in [0.2, 0.25) is 0 Å². The van der Waals surface area contributed by atoms with E-state index in [-0.39, 0.29) is 41.1 Å². The summed E-state index contributed by atoms with van der Waals surface area (Å²) in [5.74, 6) is -2.00. The Bertz CT molecular complexity index is 1550. The minimum atomic E-state index is -0.920. The number of carbonyl (C=O) groups is 4. The van der Waals surface area contributed by atoms with Crippen molar-refractivity contribution in [3.63, 3.8) is 0 Å². The largest absolute Gasteiger partial charge is 0.379 e. The van der Waals surface area contributed by atoms with Crippen molar-refractivity contribution in [3.05, 3.63) is 52.8 Å². The first kappa shape index (κ1) is 35.2. The second-order valence-corrected chi connectivity index (χ2v) is 13.8. The van der Waals surface area contributed by atoms with E-state index in [0.29, 0.717) is 62.1 Å². The third-order valence-electron chi connectivity index (χ3n) is 9.95. The number of nitrogens with one attached hydrogen (secondary N) is 3. The molecule has 13 heteroatoms. The standard InChI is InChI=1S/C35H47FN6O6/c1-6-28(43)38-29(34(46)42-15-13-41(5)14-16-42)22(3)24-11-12-27(26(36)17-24)37-33(45)30(23-9-7-21(2)8-10-23)39-32(44)25-18-48-40-31(25)35(4)19-47-20-35/h11-12,17-18,21,23,30H,6-10,13-16,19-20H2,1-5H3,(H,37,45)(H,38,43)(H,39,44)/b29-22-/t21?,23?,30-/m0/s1. The number of anilines is 1. The molecule has 2 saturated heterocycles. The fourth-order valence-electron chi connectivity index (χ4n) is 6.52. The van der Waals surface area contributed by atoms with Gasteiger partial charge >= 0.3 is 0 Å². The highest BCUT2D eigenvalue weighted by Crippen LogP contribution is 2.34. The highest BCUT2D eigenvalue weighted by Gasteiger charge is 2.42. The maximum atomic E-state index is 15.7. The lowest BCUT2D eigenvalue weighted by atomic mass is 9.78. The van der Waals surface area contributed by atoms with Crippen molar-refractivity contribution in [2.24, 2.45) is 11.8 Å². The number of halogens is 1. The van der Waals surface area contributed by atoms with Gasteiger partial charge < -0.3 is 35.0 Å². The number of ether oxygens (including phenoxy) is 1. The van der Waals surface area contributed by atoms with Crippen LogP contribution in [0.25, 0.3) is 5.57 Å². The summed E-state index contributed by atoms with van der Waals surface area (Å²) in [5.41, 5.74) is 1.12. The van der Waals surface area contributed by atoms with Gasteiger partial charge in [-0.3, -0.25) is 19.2 Å². The van der Waals surface area contributed by atoms with Gasteiger partial charge in [-0.25, -0.2) is 4.39 Å². The summed E-state index contributed by atoms with van der Waals surface area (Å²) >= 11 is 0. The average molecular weight is 667 g/mol. The minimum Gasteiger partial charge on any atom is -0.379 e. The van der Waals surface area contributed by atoms with E-state index in [1.807, 2.05) is 14.0 Å². The molecule has 12 nitrogen and oxygen atoms in total. The molecule has 0 spiro atoms. The number of aromatic nitrogens is 1. The van der Waals surface area contributed by atoms with Crippen molar-refractivity contribution in [2.75, 3.05) is 51.8 Å². The van der Waals surface area contributed by atoms with Crippen LogP contribution in [0.3, 0.4) is 0 Å². The lowest BCUT2D eigenvalue weighted by Crippen LogP contribution is -2.50.